The Morgan fingerprint density at radius 3 is 3.20 bits per heavy atom. The second kappa shape index (κ2) is 4.90. The fourth-order valence-electron chi connectivity index (χ4n) is 1.05. The van der Waals surface area contributed by atoms with Crippen molar-refractivity contribution in [3.05, 3.63) is 29.2 Å². The Bertz CT molecular complexity index is 399. The quantitative estimate of drug-likeness (QED) is 0.834. The third-order valence-corrected chi connectivity index (χ3v) is 2.53. The number of hydrogen-bond donors (Lipinski definition) is 1. The first-order chi connectivity index (χ1) is 7.38. The van der Waals surface area contributed by atoms with Crippen LogP contribution >= 0.6 is 11.3 Å². The van der Waals surface area contributed by atoms with Gasteiger partial charge in [-0.25, -0.2) is 0 Å². The van der Waals surface area contributed by atoms with E-state index < -0.39 is 0 Å². The zero-order valence-electron chi connectivity index (χ0n) is 8.27. The number of ether oxygens (including phenoxy) is 1. The summed E-state index contributed by atoms with van der Waals surface area (Å²) in [5.41, 5.74) is 0. The van der Waals surface area contributed by atoms with Crippen LogP contribution in [0.4, 0.5) is 0 Å². The average molecular weight is 225 g/mol. The second-order valence-electron chi connectivity index (χ2n) is 2.86. The summed E-state index contributed by atoms with van der Waals surface area (Å²) in [6.45, 7) is 1.10. The average Bonchev–Trinajstić information content (AvgIpc) is 2.85. The van der Waals surface area contributed by atoms with Gasteiger partial charge in [-0.1, -0.05) is 16.4 Å². The smallest absolute Gasteiger partial charge is 0.294 e. The molecule has 0 amide bonds. The van der Waals surface area contributed by atoms with Crippen LogP contribution in [0.25, 0.3) is 0 Å². The molecule has 0 bridgehead atoms. The Morgan fingerprint density at radius 2 is 2.47 bits per heavy atom. The molecular formula is C9H11N3O2S. The molecule has 0 aliphatic rings. The highest BCUT2D eigenvalue weighted by Gasteiger charge is 2.05. The van der Waals surface area contributed by atoms with Crippen molar-refractivity contribution in [2.24, 2.45) is 0 Å². The van der Waals surface area contributed by atoms with Gasteiger partial charge in [0.25, 0.3) is 5.19 Å². The monoisotopic (exact) mass is 225 g/mol. The molecular weight excluding hydrogens is 214 g/mol. The number of furan rings is 1. The zero-order chi connectivity index (χ0) is 10.5. The molecule has 5 nitrogen and oxygen atoms in total. The maximum Gasteiger partial charge on any atom is 0.294 e. The number of rotatable bonds is 5. The van der Waals surface area contributed by atoms with Gasteiger partial charge in [-0.3, -0.25) is 0 Å². The Hall–Kier alpha value is -1.40. The van der Waals surface area contributed by atoms with Crippen molar-refractivity contribution < 1.29 is 9.15 Å². The summed E-state index contributed by atoms with van der Waals surface area (Å²) in [5, 5.41) is 12.3. The topological polar surface area (TPSA) is 60.2 Å². The highest BCUT2D eigenvalue weighted by Crippen LogP contribution is 2.18. The van der Waals surface area contributed by atoms with E-state index in [1.807, 2.05) is 19.2 Å². The molecule has 0 spiro atoms. The molecule has 0 aliphatic heterocycles. The van der Waals surface area contributed by atoms with Crippen LogP contribution in [0, 0.1) is 0 Å². The molecule has 0 saturated heterocycles. The Labute approximate surface area is 91.1 Å². The van der Waals surface area contributed by atoms with Crippen LogP contribution < -0.4 is 10.1 Å². The van der Waals surface area contributed by atoms with Gasteiger partial charge >= 0.3 is 0 Å². The summed E-state index contributed by atoms with van der Waals surface area (Å²) in [6, 6.07) is 3.68. The van der Waals surface area contributed by atoms with E-state index in [4.69, 9.17) is 9.15 Å². The molecule has 0 aliphatic carbocycles. The number of nitrogens with one attached hydrogen (secondary N) is 1. The molecule has 0 radical (unpaired) electrons. The van der Waals surface area contributed by atoms with Gasteiger partial charge in [-0.05, 0) is 19.2 Å². The molecule has 0 aromatic carbocycles. The minimum atomic E-state index is 0.390. The van der Waals surface area contributed by atoms with Crippen molar-refractivity contribution in [3.8, 4) is 5.19 Å². The summed E-state index contributed by atoms with van der Waals surface area (Å²) >= 11 is 1.43. The maximum atomic E-state index is 5.40. The van der Waals surface area contributed by atoms with Crippen LogP contribution in [0.5, 0.6) is 5.19 Å². The lowest BCUT2D eigenvalue weighted by Crippen LogP contribution is -2.04. The lowest BCUT2D eigenvalue weighted by Gasteiger charge is -1.96. The lowest BCUT2D eigenvalue weighted by molar-refractivity contribution is 0.267. The fraction of sp³-hybridized carbons (Fsp3) is 0.333. The van der Waals surface area contributed by atoms with Crippen LogP contribution in [0.3, 0.4) is 0 Å². The summed E-state index contributed by atoms with van der Waals surface area (Å²) in [7, 11) is 1.87. The van der Waals surface area contributed by atoms with Gasteiger partial charge in [0.2, 0.25) is 0 Å². The summed E-state index contributed by atoms with van der Waals surface area (Å²) in [4.78, 5) is 0. The molecule has 2 aromatic rings. The van der Waals surface area contributed by atoms with Gasteiger partial charge in [0.05, 0.1) is 6.26 Å². The minimum absolute atomic E-state index is 0.390. The zero-order valence-corrected chi connectivity index (χ0v) is 9.08. The molecule has 0 fully saturated rings. The number of nitrogens with zero attached hydrogens (tertiary/aromatic N) is 2. The van der Waals surface area contributed by atoms with E-state index in [0.29, 0.717) is 18.3 Å². The van der Waals surface area contributed by atoms with Gasteiger partial charge in [-0.2, -0.15) is 0 Å². The number of hydrogen-bond acceptors (Lipinski definition) is 6. The maximum absolute atomic E-state index is 5.40. The first kappa shape index (κ1) is 10.1. The molecule has 0 unspecified atom stereocenters. The molecule has 2 rings (SSSR count). The highest BCUT2D eigenvalue weighted by atomic mass is 32.1. The summed E-state index contributed by atoms with van der Waals surface area (Å²) in [5.74, 6) is 0.778. The molecule has 6 heteroatoms. The molecule has 1 N–H and O–H groups in total. The first-order valence-corrected chi connectivity index (χ1v) is 5.32. The van der Waals surface area contributed by atoms with Gasteiger partial charge in [-0.15, -0.1) is 5.10 Å². The van der Waals surface area contributed by atoms with Crippen molar-refractivity contribution in [1.29, 1.82) is 0 Å². The Kier molecular flexibility index (Phi) is 3.31. The van der Waals surface area contributed by atoms with Gasteiger partial charge < -0.3 is 14.5 Å². The third-order valence-electron chi connectivity index (χ3n) is 1.69. The standard InChI is InChI=1S/C9H11N3O2S/c1-10-5-8-11-12-9(15-8)14-6-7-3-2-4-13-7/h2-4,10H,5-6H2,1H3. The van der Waals surface area contributed by atoms with E-state index in [-0.39, 0.29) is 0 Å². The molecule has 15 heavy (non-hydrogen) atoms. The molecule has 80 valence electrons. The van der Waals surface area contributed by atoms with Crippen molar-refractivity contribution >= 4 is 11.3 Å². The van der Waals surface area contributed by atoms with Crippen molar-refractivity contribution in [2.75, 3.05) is 7.05 Å². The van der Waals surface area contributed by atoms with E-state index in [9.17, 15) is 0 Å². The molecule has 0 atom stereocenters. The molecule has 2 aromatic heterocycles. The summed E-state index contributed by atoms with van der Waals surface area (Å²) in [6.07, 6.45) is 1.62. The van der Waals surface area contributed by atoms with Crippen LogP contribution in [0.1, 0.15) is 10.8 Å². The van der Waals surface area contributed by atoms with Crippen molar-refractivity contribution in [3.63, 3.8) is 0 Å². The van der Waals surface area contributed by atoms with Crippen LogP contribution in [-0.4, -0.2) is 17.2 Å². The third kappa shape index (κ3) is 2.77. The van der Waals surface area contributed by atoms with E-state index >= 15 is 0 Å². The Morgan fingerprint density at radius 1 is 1.53 bits per heavy atom. The predicted molar refractivity (Wildman–Crippen MR) is 55.7 cm³/mol. The second-order valence-corrected chi connectivity index (χ2v) is 3.88. The van der Waals surface area contributed by atoms with E-state index in [1.54, 1.807) is 6.26 Å². The number of aromatic nitrogens is 2. The van der Waals surface area contributed by atoms with Gasteiger partial charge in [0.15, 0.2) is 0 Å². The molecule has 2 heterocycles. The van der Waals surface area contributed by atoms with Crippen LogP contribution in [-0.2, 0) is 13.2 Å². The van der Waals surface area contributed by atoms with Crippen molar-refractivity contribution in [1.82, 2.24) is 15.5 Å². The molecule has 0 saturated carbocycles. The lowest BCUT2D eigenvalue weighted by atomic mass is 10.5. The van der Waals surface area contributed by atoms with Crippen molar-refractivity contribution in [2.45, 2.75) is 13.2 Å². The van der Waals surface area contributed by atoms with Gasteiger partial charge in [0, 0.05) is 6.54 Å². The van der Waals surface area contributed by atoms with E-state index in [2.05, 4.69) is 15.5 Å². The minimum Gasteiger partial charge on any atom is -0.466 e. The van der Waals surface area contributed by atoms with Crippen LogP contribution in [0.2, 0.25) is 0 Å². The van der Waals surface area contributed by atoms with Crippen LogP contribution in [0.15, 0.2) is 22.8 Å². The van der Waals surface area contributed by atoms with E-state index in [0.717, 1.165) is 10.8 Å². The predicted octanol–water partition coefficient (Wildman–Crippen LogP) is 1.43. The summed E-state index contributed by atoms with van der Waals surface area (Å²) < 4.78 is 10.5. The Balaban J connectivity index is 1.88. The van der Waals surface area contributed by atoms with Gasteiger partial charge in [0.1, 0.15) is 17.4 Å². The fourth-order valence-corrected chi connectivity index (χ4v) is 1.75. The van der Waals surface area contributed by atoms with E-state index in [1.165, 1.54) is 11.3 Å². The normalized spacial score (nSPS) is 10.5. The first-order valence-electron chi connectivity index (χ1n) is 4.50. The SMILES string of the molecule is CNCc1nnc(OCc2ccco2)s1. The largest absolute Gasteiger partial charge is 0.466 e. The highest BCUT2D eigenvalue weighted by molar-refractivity contribution is 7.13.